The Balaban J connectivity index is 2.01. The first kappa shape index (κ1) is 13.5. The van der Waals surface area contributed by atoms with Crippen LogP contribution in [0.25, 0.3) is 21.9 Å². The molecule has 0 heterocycles. The largest absolute Gasteiger partial charge is 0.376 e. The molecule has 0 saturated heterocycles. The van der Waals surface area contributed by atoms with Crippen LogP contribution in [-0.4, -0.2) is 5.11 Å². The van der Waals surface area contributed by atoms with Gasteiger partial charge in [-0.05, 0) is 27.5 Å². The van der Waals surface area contributed by atoms with E-state index < -0.39 is 5.60 Å². The molecule has 24 heavy (non-hydrogen) atoms. The minimum Gasteiger partial charge on any atom is -0.376 e. The average Bonchev–Trinajstić information content (AvgIpc) is 2.66. The van der Waals surface area contributed by atoms with Crippen molar-refractivity contribution in [1.82, 2.24) is 0 Å². The van der Waals surface area contributed by atoms with Gasteiger partial charge in [0.25, 0.3) is 0 Å². The number of hydrogen-bond acceptors (Lipinski definition) is 1. The fraction of sp³-hybridized carbons (Fsp3) is 0.0435. The fourth-order valence-electron chi connectivity index (χ4n) is 4.04. The van der Waals surface area contributed by atoms with Crippen molar-refractivity contribution in [2.45, 2.75) is 5.60 Å². The number of aliphatic hydroxyl groups is 1. The molecule has 114 valence electrons. The molecule has 1 unspecified atom stereocenters. The molecule has 0 saturated carbocycles. The van der Waals surface area contributed by atoms with E-state index in [1.807, 2.05) is 54.6 Å². The van der Waals surface area contributed by atoms with Crippen LogP contribution < -0.4 is 0 Å². The quantitative estimate of drug-likeness (QED) is 0.518. The van der Waals surface area contributed by atoms with Gasteiger partial charge in [0.05, 0.1) is 0 Å². The predicted molar refractivity (Wildman–Crippen MR) is 97.9 cm³/mol. The van der Waals surface area contributed by atoms with Crippen LogP contribution in [0.15, 0.2) is 91.0 Å². The summed E-state index contributed by atoms with van der Waals surface area (Å²) >= 11 is 0. The molecule has 1 aliphatic carbocycles. The Morgan fingerprint density at radius 3 is 2.00 bits per heavy atom. The highest BCUT2D eigenvalue weighted by Gasteiger charge is 2.40. The molecule has 1 N–H and O–H groups in total. The third-order valence-electron chi connectivity index (χ3n) is 5.09. The van der Waals surface area contributed by atoms with E-state index in [9.17, 15) is 5.11 Å². The molecule has 0 radical (unpaired) electrons. The highest BCUT2D eigenvalue weighted by Crippen LogP contribution is 2.50. The van der Waals surface area contributed by atoms with Crippen LogP contribution in [-0.2, 0) is 5.60 Å². The summed E-state index contributed by atoms with van der Waals surface area (Å²) in [6.07, 6.45) is 0. The standard InChI is InChI=1S/C23H16O/c24-23(17-10-2-1-3-11-17)20-14-5-4-12-18(20)19-13-6-8-16-9-7-15-21(23)22(16)19/h1-15,24H. The molecule has 4 aromatic rings. The molecule has 0 aliphatic heterocycles. The maximum absolute atomic E-state index is 12.0. The molecule has 1 heteroatoms. The summed E-state index contributed by atoms with van der Waals surface area (Å²) < 4.78 is 0. The van der Waals surface area contributed by atoms with E-state index in [2.05, 4.69) is 36.4 Å². The van der Waals surface area contributed by atoms with E-state index in [1.165, 1.54) is 5.56 Å². The zero-order chi connectivity index (χ0) is 16.1. The summed E-state index contributed by atoms with van der Waals surface area (Å²) in [5.74, 6) is 0. The Labute approximate surface area is 140 Å². The molecule has 1 aliphatic rings. The van der Waals surface area contributed by atoms with E-state index in [-0.39, 0.29) is 0 Å². The lowest BCUT2D eigenvalue weighted by atomic mass is 9.71. The maximum Gasteiger partial charge on any atom is 0.141 e. The number of rotatable bonds is 1. The summed E-state index contributed by atoms with van der Waals surface area (Å²) in [5.41, 5.74) is 3.97. The van der Waals surface area contributed by atoms with E-state index in [1.54, 1.807) is 0 Å². The van der Waals surface area contributed by atoms with Gasteiger partial charge >= 0.3 is 0 Å². The number of fused-ring (bicyclic) bond motifs is 2. The van der Waals surface area contributed by atoms with Gasteiger partial charge in [-0.15, -0.1) is 0 Å². The van der Waals surface area contributed by atoms with Crippen LogP contribution in [0.5, 0.6) is 0 Å². The Morgan fingerprint density at radius 2 is 1.17 bits per heavy atom. The molecule has 0 spiro atoms. The SMILES string of the molecule is OC1(c2ccccc2)c2ccccc2-c2cccc3cccc1c23. The zero-order valence-electron chi connectivity index (χ0n) is 13.1. The van der Waals surface area contributed by atoms with E-state index >= 15 is 0 Å². The Hall–Kier alpha value is -2.90. The first-order valence-electron chi connectivity index (χ1n) is 8.20. The van der Waals surface area contributed by atoms with Crippen molar-refractivity contribution < 1.29 is 5.11 Å². The smallest absolute Gasteiger partial charge is 0.141 e. The van der Waals surface area contributed by atoms with Crippen molar-refractivity contribution in [1.29, 1.82) is 0 Å². The summed E-state index contributed by atoms with van der Waals surface area (Å²) in [7, 11) is 0. The normalized spacial score (nSPS) is 18.4. The molecule has 0 amide bonds. The monoisotopic (exact) mass is 308 g/mol. The second-order valence-electron chi connectivity index (χ2n) is 6.33. The van der Waals surface area contributed by atoms with Gasteiger partial charge in [-0.1, -0.05) is 91.0 Å². The van der Waals surface area contributed by atoms with Gasteiger partial charge in [-0.2, -0.15) is 0 Å². The molecule has 1 atom stereocenters. The van der Waals surface area contributed by atoms with Crippen molar-refractivity contribution in [2.24, 2.45) is 0 Å². The summed E-state index contributed by atoms with van der Waals surface area (Å²) in [5, 5.41) is 14.3. The summed E-state index contributed by atoms with van der Waals surface area (Å²) in [4.78, 5) is 0. The second kappa shape index (κ2) is 4.80. The minimum absolute atomic E-state index is 0.902. The van der Waals surface area contributed by atoms with Gasteiger partial charge in [0.2, 0.25) is 0 Å². The zero-order valence-corrected chi connectivity index (χ0v) is 13.1. The molecular weight excluding hydrogens is 292 g/mol. The van der Waals surface area contributed by atoms with E-state index in [0.717, 1.165) is 33.0 Å². The van der Waals surface area contributed by atoms with Crippen molar-refractivity contribution in [3.05, 3.63) is 108 Å². The number of hydrogen-bond donors (Lipinski definition) is 1. The van der Waals surface area contributed by atoms with E-state index in [4.69, 9.17) is 0 Å². The molecule has 0 fully saturated rings. The predicted octanol–water partition coefficient (Wildman–Crippen LogP) is 5.10. The van der Waals surface area contributed by atoms with Crippen LogP contribution in [0.2, 0.25) is 0 Å². The lowest BCUT2D eigenvalue weighted by Crippen LogP contribution is -2.31. The highest BCUT2D eigenvalue weighted by molar-refractivity contribution is 6.03. The van der Waals surface area contributed by atoms with Crippen molar-refractivity contribution in [3.8, 4) is 11.1 Å². The molecule has 5 rings (SSSR count). The fourth-order valence-corrected chi connectivity index (χ4v) is 4.04. The topological polar surface area (TPSA) is 20.2 Å². The molecule has 1 nitrogen and oxygen atoms in total. The van der Waals surface area contributed by atoms with Crippen molar-refractivity contribution >= 4 is 10.8 Å². The van der Waals surface area contributed by atoms with E-state index in [0.29, 0.717) is 0 Å². The lowest BCUT2D eigenvalue weighted by Gasteiger charge is -2.37. The highest BCUT2D eigenvalue weighted by atomic mass is 16.3. The van der Waals surface area contributed by atoms with Gasteiger partial charge < -0.3 is 5.11 Å². The van der Waals surface area contributed by atoms with Crippen molar-refractivity contribution in [3.63, 3.8) is 0 Å². The number of benzene rings is 4. The van der Waals surface area contributed by atoms with Crippen LogP contribution in [0, 0.1) is 0 Å². The average molecular weight is 308 g/mol. The maximum atomic E-state index is 12.0. The first-order chi connectivity index (χ1) is 11.8. The third-order valence-corrected chi connectivity index (χ3v) is 5.09. The third kappa shape index (κ3) is 1.62. The van der Waals surface area contributed by atoms with Crippen LogP contribution in [0.3, 0.4) is 0 Å². The van der Waals surface area contributed by atoms with Gasteiger partial charge in [0.15, 0.2) is 0 Å². The second-order valence-corrected chi connectivity index (χ2v) is 6.33. The Bertz CT molecular complexity index is 1060. The Morgan fingerprint density at radius 1 is 0.542 bits per heavy atom. The summed E-state index contributed by atoms with van der Waals surface area (Å²) in [6.45, 7) is 0. The van der Waals surface area contributed by atoms with Gasteiger partial charge in [-0.25, -0.2) is 0 Å². The minimum atomic E-state index is -1.13. The summed E-state index contributed by atoms with van der Waals surface area (Å²) in [6, 6.07) is 30.7. The molecule has 4 aromatic carbocycles. The Kier molecular flexibility index (Phi) is 2.70. The van der Waals surface area contributed by atoms with Gasteiger partial charge in [-0.3, -0.25) is 0 Å². The van der Waals surface area contributed by atoms with Gasteiger partial charge in [0, 0.05) is 11.1 Å². The molecular formula is C23H16O. The molecule has 0 aromatic heterocycles. The van der Waals surface area contributed by atoms with Crippen LogP contribution in [0.1, 0.15) is 16.7 Å². The van der Waals surface area contributed by atoms with Crippen LogP contribution in [0.4, 0.5) is 0 Å². The van der Waals surface area contributed by atoms with Crippen molar-refractivity contribution in [2.75, 3.05) is 0 Å². The van der Waals surface area contributed by atoms with Gasteiger partial charge in [0.1, 0.15) is 5.60 Å². The van der Waals surface area contributed by atoms with Crippen LogP contribution >= 0.6 is 0 Å². The molecule has 0 bridgehead atoms. The lowest BCUT2D eigenvalue weighted by molar-refractivity contribution is 0.127. The first-order valence-corrected chi connectivity index (χ1v) is 8.20.